The van der Waals surface area contributed by atoms with Crippen molar-refractivity contribution in [3.05, 3.63) is 35.9 Å². The third-order valence-corrected chi connectivity index (χ3v) is 5.04. The predicted octanol–water partition coefficient (Wildman–Crippen LogP) is 0.914. The number of sulfonamides is 1. The van der Waals surface area contributed by atoms with Gasteiger partial charge in [-0.05, 0) is 18.4 Å². The van der Waals surface area contributed by atoms with Gasteiger partial charge in [0.2, 0.25) is 15.9 Å². The summed E-state index contributed by atoms with van der Waals surface area (Å²) >= 11 is 0. The van der Waals surface area contributed by atoms with E-state index in [2.05, 4.69) is 5.32 Å². The molecule has 1 aliphatic rings. The number of carbonyl (C=O) groups is 1. The van der Waals surface area contributed by atoms with Crippen LogP contribution < -0.4 is 5.32 Å². The molecule has 1 aromatic rings. The second-order valence-electron chi connectivity index (χ2n) is 5.47. The standard InChI is InChI=1S/C15H22N2O4S/c1-17(22(2,19)20)14(12-7-4-3-5-8-12)15(18)16-11-13-9-6-10-21-13/h3-5,7-8,13-14H,6,9-11H2,1-2H3,(H,16,18)/t13-,14+/m0/s1. The van der Waals surface area contributed by atoms with Crippen molar-refractivity contribution in [2.24, 2.45) is 0 Å². The van der Waals surface area contributed by atoms with Crippen LogP contribution in [0.3, 0.4) is 0 Å². The molecule has 0 spiro atoms. The van der Waals surface area contributed by atoms with E-state index < -0.39 is 16.1 Å². The molecule has 1 heterocycles. The molecule has 7 heteroatoms. The van der Waals surface area contributed by atoms with E-state index in [1.807, 2.05) is 6.07 Å². The van der Waals surface area contributed by atoms with Crippen LogP contribution in [0.15, 0.2) is 30.3 Å². The van der Waals surface area contributed by atoms with E-state index in [1.165, 1.54) is 7.05 Å². The van der Waals surface area contributed by atoms with Crippen LogP contribution in [0, 0.1) is 0 Å². The molecule has 1 saturated heterocycles. The molecule has 1 aromatic carbocycles. The fraction of sp³-hybridized carbons (Fsp3) is 0.533. The molecule has 22 heavy (non-hydrogen) atoms. The molecule has 1 amide bonds. The van der Waals surface area contributed by atoms with Crippen LogP contribution in [0.25, 0.3) is 0 Å². The summed E-state index contributed by atoms with van der Waals surface area (Å²) in [7, 11) is -2.08. The van der Waals surface area contributed by atoms with E-state index >= 15 is 0 Å². The van der Waals surface area contributed by atoms with E-state index in [4.69, 9.17) is 4.74 Å². The molecule has 6 nitrogen and oxygen atoms in total. The van der Waals surface area contributed by atoms with Gasteiger partial charge in [-0.2, -0.15) is 4.31 Å². The fourth-order valence-corrected chi connectivity index (χ4v) is 3.07. The predicted molar refractivity (Wildman–Crippen MR) is 83.8 cm³/mol. The molecular weight excluding hydrogens is 304 g/mol. The average Bonchev–Trinajstić information content (AvgIpc) is 2.99. The fourth-order valence-electron chi connectivity index (χ4n) is 2.47. The van der Waals surface area contributed by atoms with Crippen LogP contribution in [0.2, 0.25) is 0 Å². The quantitative estimate of drug-likeness (QED) is 0.843. The molecule has 1 N–H and O–H groups in total. The summed E-state index contributed by atoms with van der Waals surface area (Å²) in [5.41, 5.74) is 0.639. The van der Waals surface area contributed by atoms with Crippen molar-refractivity contribution in [3.63, 3.8) is 0 Å². The first-order valence-corrected chi connectivity index (χ1v) is 9.11. The maximum absolute atomic E-state index is 12.5. The molecule has 0 radical (unpaired) electrons. The highest BCUT2D eigenvalue weighted by atomic mass is 32.2. The minimum atomic E-state index is -3.49. The van der Waals surface area contributed by atoms with Gasteiger partial charge in [-0.1, -0.05) is 30.3 Å². The van der Waals surface area contributed by atoms with Crippen molar-refractivity contribution >= 4 is 15.9 Å². The third kappa shape index (κ3) is 4.28. The molecule has 0 bridgehead atoms. The highest BCUT2D eigenvalue weighted by molar-refractivity contribution is 7.88. The van der Waals surface area contributed by atoms with E-state index in [9.17, 15) is 13.2 Å². The molecule has 0 aromatic heterocycles. The summed E-state index contributed by atoms with van der Waals surface area (Å²) < 4.78 is 30.2. The number of ether oxygens (including phenoxy) is 1. The van der Waals surface area contributed by atoms with Crippen molar-refractivity contribution < 1.29 is 17.9 Å². The molecule has 122 valence electrons. The highest BCUT2D eigenvalue weighted by Crippen LogP contribution is 2.22. The number of benzene rings is 1. The first-order chi connectivity index (χ1) is 10.4. The van der Waals surface area contributed by atoms with Crippen LogP contribution in [0.1, 0.15) is 24.4 Å². The first-order valence-electron chi connectivity index (χ1n) is 7.27. The van der Waals surface area contributed by atoms with Crippen molar-refractivity contribution in [2.45, 2.75) is 25.0 Å². The molecule has 2 rings (SSSR count). The lowest BCUT2D eigenvalue weighted by Gasteiger charge is -2.26. The number of amides is 1. The van der Waals surface area contributed by atoms with Gasteiger partial charge in [0.1, 0.15) is 6.04 Å². The van der Waals surface area contributed by atoms with Crippen LogP contribution in [0.5, 0.6) is 0 Å². The molecule has 1 fully saturated rings. The van der Waals surface area contributed by atoms with Gasteiger partial charge in [0.05, 0.1) is 12.4 Å². The first kappa shape index (κ1) is 16.9. The number of hydrogen-bond acceptors (Lipinski definition) is 4. The van der Waals surface area contributed by atoms with E-state index in [-0.39, 0.29) is 12.0 Å². The van der Waals surface area contributed by atoms with Gasteiger partial charge in [0, 0.05) is 20.2 Å². The molecular formula is C15H22N2O4S. The van der Waals surface area contributed by atoms with Crippen molar-refractivity contribution in [1.29, 1.82) is 0 Å². The zero-order valence-electron chi connectivity index (χ0n) is 12.9. The van der Waals surface area contributed by atoms with Crippen LogP contribution in [-0.2, 0) is 19.6 Å². The summed E-state index contributed by atoms with van der Waals surface area (Å²) in [6.07, 6.45) is 3.02. The number of nitrogens with zero attached hydrogens (tertiary/aromatic N) is 1. The second-order valence-corrected chi connectivity index (χ2v) is 7.51. The molecule has 1 aliphatic heterocycles. The molecule has 0 aliphatic carbocycles. The second kappa shape index (κ2) is 7.21. The number of rotatable bonds is 6. The lowest BCUT2D eigenvalue weighted by molar-refractivity contribution is -0.125. The van der Waals surface area contributed by atoms with Gasteiger partial charge >= 0.3 is 0 Å². The zero-order valence-corrected chi connectivity index (χ0v) is 13.7. The Labute approximate surface area is 131 Å². The summed E-state index contributed by atoms with van der Waals surface area (Å²) in [5.74, 6) is -0.338. The molecule has 0 unspecified atom stereocenters. The summed E-state index contributed by atoms with van der Waals surface area (Å²) in [4.78, 5) is 12.5. The lowest BCUT2D eigenvalue weighted by atomic mass is 10.1. The third-order valence-electron chi connectivity index (χ3n) is 3.78. The molecule has 2 atom stereocenters. The number of hydrogen-bond donors (Lipinski definition) is 1. The van der Waals surface area contributed by atoms with Gasteiger partial charge in [0.25, 0.3) is 0 Å². The Morgan fingerprint density at radius 3 is 2.64 bits per heavy atom. The van der Waals surface area contributed by atoms with Gasteiger partial charge in [0.15, 0.2) is 0 Å². The minimum Gasteiger partial charge on any atom is -0.376 e. The number of nitrogens with one attached hydrogen (secondary N) is 1. The summed E-state index contributed by atoms with van der Waals surface area (Å²) in [6, 6.07) is 8.01. The normalized spacial score (nSPS) is 20.0. The smallest absolute Gasteiger partial charge is 0.243 e. The van der Waals surface area contributed by atoms with Gasteiger partial charge in [-0.3, -0.25) is 4.79 Å². The topological polar surface area (TPSA) is 75.7 Å². The Balaban J connectivity index is 2.14. The van der Waals surface area contributed by atoms with Crippen molar-refractivity contribution in [1.82, 2.24) is 9.62 Å². The van der Waals surface area contributed by atoms with Crippen molar-refractivity contribution in [3.8, 4) is 0 Å². The Bertz CT molecular complexity index is 597. The Hall–Kier alpha value is -1.44. The van der Waals surface area contributed by atoms with E-state index in [1.54, 1.807) is 24.3 Å². The zero-order chi connectivity index (χ0) is 16.2. The SMILES string of the molecule is CN([C@@H](C(=O)NC[C@@H]1CCCO1)c1ccccc1)S(C)(=O)=O. The minimum absolute atomic E-state index is 0.0175. The Kier molecular flexibility index (Phi) is 5.55. The Morgan fingerprint density at radius 2 is 2.09 bits per heavy atom. The van der Waals surface area contributed by atoms with Gasteiger partial charge < -0.3 is 10.1 Å². The van der Waals surface area contributed by atoms with Gasteiger partial charge in [-0.25, -0.2) is 8.42 Å². The van der Waals surface area contributed by atoms with Crippen LogP contribution in [0.4, 0.5) is 0 Å². The lowest BCUT2D eigenvalue weighted by Crippen LogP contribution is -2.43. The van der Waals surface area contributed by atoms with E-state index in [0.717, 1.165) is 23.4 Å². The van der Waals surface area contributed by atoms with E-state index in [0.29, 0.717) is 18.7 Å². The molecule has 0 saturated carbocycles. The average molecular weight is 326 g/mol. The maximum Gasteiger partial charge on any atom is 0.243 e. The van der Waals surface area contributed by atoms with Crippen LogP contribution >= 0.6 is 0 Å². The van der Waals surface area contributed by atoms with Crippen LogP contribution in [-0.4, -0.2) is 51.2 Å². The summed E-state index contributed by atoms with van der Waals surface area (Å²) in [6.45, 7) is 1.12. The highest BCUT2D eigenvalue weighted by Gasteiger charge is 2.31. The monoisotopic (exact) mass is 326 g/mol. The largest absolute Gasteiger partial charge is 0.376 e. The summed E-state index contributed by atoms with van der Waals surface area (Å²) in [5, 5.41) is 2.81. The Morgan fingerprint density at radius 1 is 1.41 bits per heavy atom. The number of likely N-dealkylation sites (N-methyl/N-ethyl adjacent to an activating group) is 1. The maximum atomic E-state index is 12.5. The van der Waals surface area contributed by atoms with Crippen molar-refractivity contribution in [2.75, 3.05) is 26.5 Å². The number of carbonyl (C=O) groups excluding carboxylic acids is 1. The van der Waals surface area contributed by atoms with Gasteiger partial charge in [-0.15, -0.1) is 0 Å².